The molecule has 0 radical (unpaired) electrons. The molecule has 0 spiro atoms. The van der Waals surface area contributed by atoms with Crippen molar-refractivity contribution in [3.8, 4) is 0 Å². The van der Waals surface area contributed by atoms with Gasteiger partial charge in [-0.1, -0.05) is 0 Å². The van der Waals surface area contributed by atoms with Crippen LogP contribution < -0.4 is 5.56 Å². The maximum absolute atomic E-state index is 12.4. The zero-order valence-electron chi connectivity index (χ0n) is 14.9. The summed E-state index contributed by atoms with van der Waals surface area (Å²) >= 11 is 0. The van der Waals surface area contributed by atoms with Crippen molar-refractivity contribution in [2.45, 2.75) is 65.1 Å². The van der Waals surface area contributed by atoms with Crippen molar-refractivity contribution in [3.63, 3.8) is 0 Å². The van der Waals surface area contributed by atoms with Gasteiger partial charge in [0, 0.05) is 48.9 Å². The monoisotopic (exact) mass is 327 g/mol. The summed E-state index contributed by atoms with van der Waals surface area (Å²) in [5, 5.41) is 4.56. The van der Waals surface area contributed by atoms with E-state index in [1.807, 2.05) is 18.7 Å². The van der Waals surface area contributed by atoms with E-state index in [0.29, 0.717) is 12.1 Å². The average Bonchev–Trinajstić information content (AvgIpc) is 2.91. The molecule has 4 heterocycles. The minimum Gasteiger partial charge on any atom is -0.311 e. The summed E-state index contributed by atoms with van der Waals surface area (Å²) in [5.74, 6) is 0.724. The molecule has 1 saturated heterocycles. The second-order valence-corrected chi connectivity index (χ2v) is 7.32. The van der Waals surface area contributed by atoms with E-state index in [2.05, 4.69) is 33.8 Å². The van der Waals surface area contributed by atoms with Crippen LogP contribution in [-0.2, 0) is 26.4 Å². The Morgan fingerprint density at radius 3 is 2.54 bits per heavy atom. The van der Waals surface area contributed by atoms with Crippen molar-refractivity contribution in [1.82, 2.24) is 24.6 Å². The summed E-state index contributed by atoms with van der Waals surface area (Å²) in [6.45, 7) is 7.02. The molecule has 2 aromatic rings. The highest BCUT2D eigenvalue weighted by molar-refractivity contribution is 5.27. The van der Waals surface area contributed by atoms with E-state index in [1.165, 1.54) is 17.7 Å². The van der Waals surface area contributed by atoms with Gasteiger partial charge in [0.05, 0.1) is 11.4 Å². The summed E-state index contributed by atoms with van der Waals surface area (Å²) in [5.41, 5.74) is 5.64. The van der Waals surface area contributed by atoms with Gasteiger partial charge in [0.15, 0.2) is 0 Å². The molecule has 6 nitrogen and oxygen atoms in total. The Balaban J connectivity index is 1.68. The van der Waals surface area contributed by atoms with E-state index in [0.717, 1.165) is 48.6 Å². The summed E-state index contributed by atoms with van der Waals surface area (Å²) in [4.78, 5) is 22.5. The zero-order valence-corrected chi connectivity index (χ0v) is 14.9. The molecule has 0 aliphatic carbocycles. The Morgan fingerprint density at radius 2 is 1.88 bits per heavy atom. The van der Waals surface area contributed by atoms with Crippen molar-refractivity contribution in [1.29, 1.82) is 0 Å². The average molecular weight is 327 g/mol. The number of hydrogen-bond acceptors (Lipinski definition) is 4. The number of aromatic amines is 1. The predicted octanol–water partition coefficient (Wildman–Crippen LogP) is 1.56. The summed E-state index contributed by atoms with van der Waals surface area (Å²) in [6.07, 6.45) is 4.05. The lowest BCUT2D eigenvalue weighted by Crippen LogP contribution is -2.36. The molecular formula is C18H25N5O. The van der Waals surface area contributed by atoms with Crippen LogP contribution in [0.15, 0.2) is 4.79 Å². The van der Waals surface area contributed by atoms with Gasteiger partial charge in [-0.05, 0) is 40.0 Å². The molecule has 1 N–H and O–H groups in total. The fourth-order valence-corrected chi connectivity index (χ4v) is 4.45. The largest absolute Gasteiger partial charge is 0.311 e. The first-order valence-corrected chi connectivity index (χ1v) is 8.77. The molecule has 2 bridgehead atoms. The second-order valence-electron chi connectivity index (χ2n) is 7.32. The Kier molecular flexibility index (Phi) is 3.60. The van der Waals surface area contributed by atoms with E-state index in [1.54, 1.807) is 0 Å². The molecule has 0 aromatic carbocycles. The number of fused-ring (bicyclic) bond motifs is 3. The van der Waals surface area contributed by atoms with Gasteiger partial charge >= 0.3 is 0 Å². The Hall–Kier alpha value is -1.95. The molecule has 4 rings (SSSR count). The first-order chi connectivity index (χ1) is 11.4. The molecule has 0 saturated carbocycles. The molecule has 2 aliphatic heterocycles. The highest BCUT2D eigenvalue weighted by Gasteiger charge is 2.38. The van der Waals surface area contributed by atoms with Crippen molar-refractivity contribution in [3.05, 3.63) is 44.4 Å². The molecule has 2 aliphatic rings. The molecule has 128 valence electrons. The first kappa shape index (κ1) is 15.6. The minimum absolute atomic E-state index is 0.0544. The lowest BCUT2D eigenvalue weighted by atomic mass is 9.98. The fraction of sp³-hybridized carbons (Fsp3) is 0.611. The molecular weight excluding hydrogens is 302 g/mol. The second kappa shape index (κ2) is 5.55. The molecule has 2 unspecified atom stereocenters. The normalized spacial score (nSPS) is 23.3. The van der Waals surface area contributed by atoms with Gasteiger partial charge in [0.25, 0.3) is 5.56 Å². The van der Waals surface area contributed by atoms with Crippen molar-refractivity contribution >= 4 is 0 Å². The van der Waals surface area contributed by atoms with Crippen LogP contribution in [0.3, 0.4) is 0 Å². The highest BCUT2D eigenvalue weighted by atomic mass is 16.1. The number of H-pyrrole nitrogens is 1. The third-order valence-corrected chi connectivity index (χ3v) is 5.86. The van der Waals surface area contributed by atoms with Crippen LogP contribution in [0.1, 0.15) is 46.9 Å². The first-order valence-electron chi connectivity index (χ1n) is 8.77. The summed E-state index contributed by atoms with van der Waals surface area (Å²) < 4.78 is 1.97. The zero-order chi connectivity index (χ0) is 17.0. The SMILES string of the molecule is Cc1nc2c(c(=O)[nH]1)CC1CCC(C2)N1Cc1c(C)nn(C)c1C. The van der Waals surface area contributed by atoms with E-state index >= 15 is 0 Å². The molecule has 2 aromatic heterocycles. The van der Waals surface area contributed by atoms with Crippen LogP contribution in [0, 0.1) is 20.8 Å². The van der Waals surface area contributed by atoms with Crippen LogP contribution in [0.2, 0.25) is 0 Å². The van der Waals surface area contributed by atoms with Crippen molar-refractivity contribution < 1.29 is 0 Å². The van der Waals surface area contributed by atoms with Gasteiger partial charge < -0.3 is 4.98 Å². The van der Waals surface area contributed by atoms with E-state index in [9.17, 15) is 4.79 Å². The summed E-state index contributed by atoms with van der Waals surface area (Å²) in [7, 11) is 2.00. The maximum atomic E-state index is 12.4. The van der Waals surface area contributed by atoms with Gasteiger partial charge in [-0.25, -0.2) is 4.98 Å². The Morgan fingerprint density at radius 1 is 1.17 bits per heavy atom. The standard InChI is InChI=1S/C18H25N5O/c1-10-16(11(2)22(4)21-10)9-23-13-5-6-14(23)8-17-15(7-13)18(24)20-12(3)19-17/h13-14H,5-9H2,1-4H3,(H,19,20,24). The highest BCUT2D eigenvalue weighted by Crippen LogP contribution is 2.34. The van der Waals surface area contributed by atoms with Crippen molar-refractivity contribution in [2.75, 3.05) is 0 Å². The number of hydrogen-bond donors (Lipinski definition) is 1. The van der Waals surface area contributed by atoms with Crippen LogP contribution in [0.5, 0.6) is 0 Å². The third kappa shape index (κ3) is 2.40. The quantitative estimate of drug-likeness (QED) is 0.909. The van der Waals surface area contributed by atoms with Gasteiger partial charge in [0.2, 0.25) is 0 Å². The van der Waals surface area contributed by atoms with Gasteiger partial charge in [-0.15, -0.1) is 0 Å². The fourth-order valence-electron chi connectivity index (χ4n) is 4.45. The van der Waals surface area contributed by atoms with Crippen LogP contribution in [0.4, 0.5) is 0 Å². The minimum atomic E-state index is 0.0544. The lowest BCUT2D eigenvalue weighted by Gasteiger charge is -2.28. The smallest absolute Gasteiger partial charge is 0.254 e. The molecule has 1 fully saturated rings. The topological polar surface area (TPSA) is 66.8 Å². The lowest BCUT2D eigenvalue weighted by molar-refractivity contribution is 0.187. The molecule has 0 amide bonds. The van der Waals surface area contributed by atoms with Gasteiger partial charge in [-0.2, -0.15) is 5.10 Å². The number of rotatable bonds is 2. The van der Waals surface area contributed by atoms with Gasteiger partial charge in [0.1, 0.15) is 5.82 Å². The number of aryl methyl sites for hydroxylation is 3. The van der Waals surface area contributed by atoms with Crippen LogP contribution in [-0.4, -0.2) is 36.7 Å². The molecule has 24 heavy (non-hydrogen) atoms. The van der Waals surface area contributed by atoms with Gasteiger partial charge in [-0.3, -0.25) is 14.4 Å². The van der Waals surface area contributed by atoms with E-state index in [4.69, 9.17) is 0 Å². The maximum Gasteiger partial charge on any atom is 0.254 e. The molecule has 2 atom stereocenters. The van der Waals surface area contributed by atoms with E-state index in [-0.39, 0.29) is 5.56 Å². The third-order valence-electron chi connectivity index (χ3n) is 5.86. The Labute approximate surface area is 141 Å². The summed E-state index contributed by atoms with van der Waals surface area (Å²) in [6, 6.07) is 0.907. The number of nitrogens with zero attached hydrogens (tertiary/aromatic N) is 4. The number of nitrogens with one attached hydrogen (secondary N) is 1. The van der Waals surface area contributed by atoms with Crippen molar-refractivity contribution in [2.24, 2.45) is 7.05 Å². The van der Waals surface area contributed by atoms with E-state index < -0.39 is 0 Å². The Bertz CT molecular complexity index is 850. The predicted molar refractivity (Wildman–Crippen MR) is 92.0 cm³/mol. The van der Waals surface area contributed by atoms with Crippen LogP contribution >= 0.6 is 0 Å². The van der Waals surface area contributed by atoms with Crippen LogP contribution in [0.25, 0.3) is 0 Å². The molecule has 6 heteroatoms. The number of aromatic nitrogens is 4.